The maximum Gasteiger partial charge on any atom is 0.317 e. The molecule has 2 aromatic rings. The molecule has 0 radical (unpaired) electrons. The van der Waals surface area contributed by atoms with Crippen molar-refractivity contribution in [2.45, 2.75) is 50.5 Å². The van der Waals surface area contributed by atoms with Gasteiger partial charge in [0.25, 0.3) is 5.89 Å². The topological polar surface area (TPSA) is 84.2 Å². The fourth-order valence-corrected chi connectivity index (χ4v) is 3.68. The summed E-state index contributed by atoms with van der Waals surface area (Å²) in [5, 5.41) is 7.30. The van der Waals surface area contributed by atoms with Crippen LogP contribution in [0, 0.1) is 0 Å². The van der Waals surface area contributed by atoms with Crippen LogP contribution in [0.25, 0.3) is 11.5 Å². The lowest BCUT2D eigenvalue weighted by molar-refractivity contribution is 0.200. The van der Waals surface area contributed by atoms with E-state index >= 15 is 0 Å². The minimum Gasteiger partial charge on any atom is -0.335 e. The predicted molar refractivity (Wildman–Crippen MR) is 91.9 cm³/mol. The molecule has 4 rings (SSSR count). The van der Waals surface area contributed by atoms with Gasteiger partial charge in [-0.05, 0) is 31.4 Å². The third-order valence-electron chi connectivity index (χ3n) is 5.14. The molecule has 132 valence electrons. The molecule has 2 fully saturated rings. The number of hydrogen-bond acceptors (Lipinski definition) is 5. The van der Waals surface area contributed by atoms with Crippen molar-refractivity contribution in [1.82, 2.24) is 25.3 Å². The van der Waals surface area contributed by atoms with E-state index in [0.717, 1.165) is 31.4 Å². The van der Waals surface area contributed by atoms with Gasteiger partial charge in [-0.1, -0.05) is 24.4 Å². The van der Waals surface area contributed by atoms with Gasteiger partial charge in [-0.2, -0.15) is 4.98 Å². The molecule has 2 amide bonds. The van der Waals surface area contributed by atoms with Gasteiger partial charge in [-0.25, -0.2) is 4.79 Å². The lowest BCUT2D eigenvalue weighted by atomic mass is 9.96. The standard InChI is InChI=1S/C18H23N5O2/c24-18(20-15-4-2-1-3-5-15)23-11-8-14(12-23)16-21-17(25-22-16)13-6-9-19-10-7-13/h6-7,9-10,14-15H,1-5,8,11-12H2,(H,20,24). The summed E-state index contributed by atoms with van der Waals surface area (Å²) in [4.78, 5) is 22.8. The van der Waals surface area contributed by atoms with Gasteiger partial charge in [0.05, 0.1) is 0 Å². The van der Waals surface area contributed by atoms with Gasteiger partial charge in [-0.3, -0.25) is 4.98 Å². The molecule has 0 aromatic carbocycles. The van der Waals surface area contributed by atoms with Gasteiger partial charge in [-0.15, -0.1) is 0 Å². The highest BCUT2D eigenvalue weighted by atomic mass is 16.5. The van der Waals surface area contributed by atoms with Gasteiger partial charge >= 0.3 is 6.03 Å². The molecule has 1 saturated carbocycles. The molecule has 0 bridgehead atoms. The van der Waals surface area contributed by atoms with Gasteiger partial charge in [0.1, 0.15) is 0 Å². The second-order valence-corrected chi connectivity index (χ2v) is 6.91. The number of urea groups is 1. The largest absolute Gasteiger partial charge is 0.335 e. The van der Waals surface area contributed by atoms with Crippen molar-refractivity contribution in [2.24, 2.45) is 0 Å². The van der Waals surface area contributed by atoms with Crippen molar-refractivity contribution in [3.8, 4) is 11.5 Å². The molecule has 2 aliphatic rings. The maximum absolute atomic E-state index is 12.5. The molecule has 1 atom stereocenters. The first-order valence-corrected chi connectivity index (χ1v) is 9.09. The molecule has 25 heavy (non-hydrogen) atoms. The van der Waals surface area contributed by atoms with E-state index in [4.69, 9.17) is 4.52 Å². The number of carbonyl (C=O) groups is 1. The molecular formula is C18H23N5O2. The van der Waals surface area contributed by atoms with Crippen LogP contribution in [0.1, 0.15) is 50.3 Å². The van der Waals surface area contributed by atoms with E-state index in [1.54, 1.807) is 12.4 Å². The van der Waals surface area contributed by atoms with E-state index in [2.05, 4.69) is 20.4 Å². The summed E-state index contributed by atoms with van der Waals surface area (Å²) in [6.45, 7) is 1.39. The molecule has 0 spiro atoms. The summed E-state index contributed by atoms with van der Waals surface area (Å²) in [5.41, 5.74) is 0.860. The Bertz CT molecular complexity index is 711. The number of nitrogens with zero attached hydrogens (tertiary/aromatic N) is 4. The first-order valence-electron chi connectivity index (χ1n) is 9.09. The Balaban J connectivity index is 1.36. The van der Waals surface area contributed by atoms with Crippen molar-refractivity contribution in [3.05, 3.63) is 30.4 Å². The summed E-state index contributed by atoms with van der Waals surface area (Å²) < 4.78 is 5.37. The first kappa shape index (κ1) is 16.1. The summed E-state index contributed by atoms with van der Waals surface area (Å²) in [6, 6.07) is 4.07. The molecule has 1 N–H and O–H groups in total. The van der Waals surface area contributed by atoms with E-state index < -0.39 is 0 Å². The summed E-state index contributed by atoms with van der Waals surface area (Å²) in [7, 11) is 0. The number of likely N-dealkylation sites (tertiary alicyclic amines) is 1. The van der Waals surface area contributed by atoms with Crippen LogP contribution >= 0.6 is 0 Å². The molecular weight excluding hydrogens is 318 g/mol. The van der Waals surface area contributed by atoms with Crippen LogP contribution in [0.3, 0.4) is 0 Å². The Kier molecular flexibility index (Phi) is 4.63. The van der Waals surface area contributed by atoms with E-state index in [1.165, 1.54) is 19.3 Å². The van der Waals surface area contributed by atoms with Crippen LogP contribution in [0.4, 0.5) is 4.79 Å². The van der Waals surface area contributed by atoms with Gasteiger partial charge in [0.2, 0.25) is 0 Å². The van der Waals surface area contributed by atoms with Gasteiger partial charge in [0.15, 0.2) is 5.82 Å². The predicted octanol–water partition coefficient (Wildman–Crippen LogP) is 2.96. The molecule has 1 saturated heterocycles. The molecule has 3 heterocycles. The number of nitrogens with one attached hydrogen (secondary N) is 1. The van der Waals surface area contributed by atoms with Crippen LogP contribution in [-0.4, -0.2) is 45.2 Å². The lowest BCUT2D eigenvalue weighted by Gasteiger charge is -2.26. The first-order chi connectivity index (χ1) is 12.3. The van der Waals surface area contributed by atoms with Crippen molar-refractivity contribution in [3.63, 3.8) is 0 Å². The highest BCUT2D eigenvalue weighted by Crippen LogP contribution is 2.27. The normalized spacial score (nSPS) is 21.4. The Morgan fingerprint density at radius 3 is 2.76 bits per heavy atom. The summed E-state index contributed by atoms with van der Waals surface area (Å²) in [5.74, 6) is 1.32. The molecule has 1 aliphatic carbocycles. The average molecular weight is 341 g/mol. The highest BCUT2D eigenvalue weighted by molar-refractivity contribution is 5.75. The maximum atomic E-state index is 12.5. The summed E-state index contributed by atoms with van der Waals surface area (Å²) in [6.07, 6.45) is 10.2. The number of pyridine rings is 1. The molecule has 7 nitrogen and oxygen atoms in total. The Labute approximate surface area is 146 Å². The fourth-order valence-electron chi connectivity index (χ4n) is 3.68. The molecule has 2 aromatic heterocycles. The zero-order chi connectivity index (χ0) is 17.1. The Morgan fingerprint density at radius 1 is 1.16 bits per heavy atom. The highest BCUT2D eigenvalue weighted by Gasteiger charge is 2.31. The number of aromatic nitrogens is 3. The molecule has 1 unspecified atom stereocenters. The SMILES string of the molecule is O=C(NC1CCCCC1)N1CCC(c2noc(-c3ccncc3)n2)C1. The van der Waals surface area contributed by atoms with E-state index in [1.807, 2.05) is 17.0 Å². The van der Waals surface area contributed by atoms with Crippen LogP contribution in [-0.2, 0) is 0 Å². The van der Waals surface area contributed by atoms with Gasteiger partial charge < -0.3 is 14.7 Å². The summed E-state index contributed by atoms with van der Waals surface area (Å²) >= 11 is 0. The zero-order valence-electron chi connectivity index (χ0n) is 14.2. The smallest absolute Gasteiger partial charge is 0.317 e. The van der Waals surface area contributed by atoms with Crippen molar-refractivity contribution >= 4 is 6.03 Å². The van der Waals surface area contributed by atoms with Crippen LogP contribution in [0.15, 0.2) is 29.0 Å². The number of hydrogen-bond donors (Lipinski definition) is 1. The van der Waals surface area contributed by atoms with Crippen LogP contribution < -0.4 is 5.32 Å². The van der Waals surface area contributed by atoms with E-state index in [9.17, 15) is 4.79 Å². The third-order valence-corrected chi connectivity index (χ3v) is 5.14. The zero-order valence-corrected chi connectivity index (χ0v) is 14.2. The average Bonchev–Trinajstić information content (AvgIpc) is 3.33. The fraction of sp³-hybridized carbons (Fsp3) is 0.556. The van der Waals surface area contributed by atoms with Crippen molar-refractivity contribution in [2.75, 3.05) is 13.1 Å². The Hall–Kier alpha value is -2.44. The van der Waals surface area contributed by atoms with E-state index in [-0.39, 0.29) is 11.9 Å². The molecule has 7 heteroatoms. The lowest BCUT2D eigenvalue weighted by Crippen LogP contribution is -2.44. The van der Waals surface area contributed by atoms with E-state index in [0.29, 0.717) is 24.3 Å². The second kappa shape index (κ2) is 7.21. The minimum absolute atomic E-state index is 0.0484. The molecule has 1 aliphatic heterocycles. The van der Waals surface area contributed by atoms with Crippen LogP contribution in [0.2, 0.25) is 0 Å². The van der Waals surface area contributed by atoms with Gasteiger partial charge in [0, 0.05) is 43.0 Å². The van der Waals surface area contributed by atoms with Crippen molar-refractivity contribution < 1.29 is 9.32 Å². The quantitative estimate of drug-likeness (QED) is 0.928. The second-order valence-electron chi connectivity index (χ2n) is 6.91. The third kappa shape index (κ3) is 3.65. The number of amides is 2. The minimum atomic E-state index is 0.0484. The van der Waals surface area contributed by atoms with Crippen molar-refractivity contribution in [1.29, 1.82) is 0 Å². The number of carbonyl (C=O) groups excluding carboxylic acids is 1. The monoisotopic (exact) mass is 341 g/mol. The van der Waals surface area contributed by atoms with Crippen LogP contribution in [0.5, 0.6) is 0 Å². The number of rotatable bonds is 3. The Morgan fingerprint density at radius 2 is 1.96 bits per heavy atom.